The van der Waals surface area contributed by atoms with Gasteiger partial charge in [0.2, 0.25) is 0 Å². The van der Waals surface area contributed by atoms with E-state index in [4.69, 9.17) is 26.3 Å². The first-order chi connectivity index (χ1) is 9.65. The van der Waals surface area contributed by atoms with E-state index in [0.717, 1.165) is 5.56 Å². The number of hydrogen-bond donors (Lipinski definition) is 0. The van der Waals surface area contributed by atoms with Gasteiger partial charge >= 0.3 is 0 Å². The van der Waals surface area contributed by atoms with Crippen molar-refractivity contribution in [3.05, 3.63) is 57.0 Å². The number of benzene rings is 2. The monoisotopic (exact) mass is 351 g/mol. The van der Waals surface area contributed by atoms with Crippen LogP contribution in [0.3, 0.4) is 0 Å². The molecule has 0 N–H and O–H groups in total. The number of halogens is 2. The topological polar surface area (TPSA) is 42.2 Å². The van der Waals surface area contributed by atoms with Gasteiger partial charge in [-0.2, -0.15) is 5.26 Å². The molecule has 0 spiro atoms. The summed E-state index contributed by atoms with van der Waals surface area (Å²) in [5, 5.41) is 9.58. The van der Waals surface area contributed by atoms with Gasteiger partial charge in [0.15, 0.2) is 11.5 Å². The molecule has 2 aromatic carbocycles. The Balaban J connectivity index is 2.26. The zero-order chi connectivity index (χ0) is 14.5. The van der Waals surface area contributed by atoms with Crippen molar-refractivity contribution in [1.29, 1.82) is 5.26 Å². The van der Waals surface area contributed by atoms with Gasteiger partial charge in [0.1, 0.15) is 6.61 Å². The van der Waals surface area contributed by atoms with Crippen molar-refractivity contribution in [2.45, 2.75) is 6.61 Å². The zero-order valence-electron chi connectivity index (χ0n) is 10.7. The molecule has 0 fully saturated rings. The largest absolute Gasteiger partial charge is 0.493 e. The quantitative estimate of drug-likeness (QED) is 0.810. The van der Waals surface area contributed by atoms with Crippen LogP contribution >= 0.6 is 27.5 Å². The lowest BCUT2D eigenvalue weighted by atomic mass is 10.2. The molecule has 0 saturated heterocycles. The summed E-state index contributed by atoms with van der Waals surface area (Å²) in [4.78, 5) is 0. The molecule has 102 valence electrons. The standard InChI is InChI=1S/C15H11BrClNO2/c1-19-14-7-10(8-18)6-12(16)15(14)20-9-11-4-2-3-5-13(11)17/h2-7H,9H2,1H3. The van der Waals surface area contributed by atoms with Gasteiger partial charge in [-0.3, -0.25) is 0 Å². The lowest BCUT2D eigenvalue weighted by molar-refractivity contribution is 0.282. The second-order valence-electron chi connectivity index (χ2n) is 3.98. The molecule has 20 heavy (non-hydrogen) atoms. The van der Waals surface area contributed by atoms with Crippen LogP contribution in [0.4, 0.5) is 0 Å². The Morgan fingerprint density at radius 3 is 2.70 bits per heavy atom. The smallest absolute Gasteiger partial charge is 0.175 e. The van der Waals surface area contributed by atoms with Crippen LogP contribution in [0, 0.1) is 11.3 Å². The van der Waals surface area contributed by atoms with Gasteiger partial charge in [0.05, 0.1) is 23.2 Å². The molecule has 0 aromatic heterocycles. The van der Waals surface area contributed by atoms with E-state index < -0.39 is 0 Å². The molecule has 0 heterocycles. The van der Waals surface area contributed by atoms with Crippen LogP contribution < -0.4 is 9.47 Å². The van der Waals surface area contributed by atoms with Crippen LogP contribution in [0.15, 0.2) is 40.9 Å². The van der Waals surface area contributed by atoms with Crippen LogP contribution in [0.2, 0.25) is 5.02 Å². The highest BCUT2D eigenvalue weighted by Crippen LogP contribution is 2.37. The lowest BCUT2D eigenvalue weighted by Crippen LogP contribution is -1.99. The Labute approximate surface area is 130 Å². The number of nitrogens with zero attached hydrogens (tertiary/aromatic N) is 1. The van der Waals surface area contributed by atoms with Crippen molar-refractivity contribution in [3.8, 4) is 17.6 Å². The van der Waals surface area contributed by atoms with Gasteiger partial charge in [0, 0.05) is 16.7 Å². The molecular weight excluding hydrogens is 342 g/mol. The highest BCUT2D eigenvalue weighted by Gasteiger charge is 2.12. The fraction of sp³-hybridized carbons (Fsp3) is 0.133. The second kappa shape index (κ2) is 6.65. The van der Waals surface area contributed by atoms with Gasteiger partial charge in [-0.1, -0.05) is 29.8 Å². The summed E-state index contributed by atoms with van der Waals surface area (Å²) in [6, 6.07) is 12.9. The average molecular weight is 353 g/mol. The Morgan fingerprint density at radius 2 is 2.05 bits per heavy atom. The number of methoxy groups -OCH3 is 1. The third kappa shape index (κ3) is 3.24. The van der Waals surface area contributed by atoms with Crippen LogP contribution in [-0.4, -0.2) is 7.11 Å². The fourth-order valence-electron chi connectivity index (χ4n) is 1.69. The van der Waals surface area contributed by atoms with E-state index in [2.05, 4.69) is 22.0 Å². The van der Waals surface area contributed by atoms with E-state index in [-0.39, 0.29) is 0 Å². The van der Waals surface area contributed by atoms with Crippen molar-refractivity contribution in [3.63, 3.8) is 0 Å². The average Bonchev–Trinajstić information content (AvgIpc) is 2.46. The molecular formula is C15H11BrClNO2. The van der Waals surface area contributed by atoms with Crippen molar-refractivity contribution < 1.29 is 9.47 Å². The third-order valence-corrected chi connectivity index (χ3v) is 3.65. The zero-order valence-corrected chi connectivity index (χ0v) is 13.0. The van der Waals surface area contributed by atoms with E-state index in [1.54, 1.807) is 12.1 Å². The summed E-state index contributed by atoms with van der Waals surface area (Å²) in [5.41, 5.74) is 1.38. The van der Waals surface area contributed by atoms with Crippen LogP contribution in [-0.2, 0) is 6.61 Å². The highest BCUT2D eigenvalue weighted by molar-refractivity contribution is 9.10. The molecule has 0 saturated carbocycles. The van der Waals surface area contributed by atoms with E-state index in [9.17, 15) is 0 Å². The van der Waals surface area contributed by atoms with E-state index in [0.29, 0.717) is 33.2 Å². The van der Waals surface area contributed by atoms with Gasteiger partial charge in [0.25, 0.3) is 0 Å². The van der Waals surface area contributed by atoms with E-state index in [1.807, 2.05) is 24.3 Å². The molecule has 0 unspecified atom stereocenters. The van der Waals surface area contributed by atoms with Gasteiger partial charge in [-0.05, 0) is 28.1 Å². The number of rotatable bonds is 4. The Hall–Kier alpha value is -1.70. The molecule has 3 nitrogen and oxygen atoms in total. The molecule has 5 heteroatoms. The van der Waals surface area contributed by atoms with Crippen LogP contribution in [0.5, 0.6) is 11.5 Å². The van der Waals surface area contributed by atoms with Crippen molar-refractivity contribution in [1.82, 2.24) is 0 Å². The number of hydrogen-bond acceptors (Lipinski definition) is 3. The predicted octanol–water partition coefficient (Wildman–Crippen LogP) is 4.56. The molecule has 0 radical (unpaired) electrons. The summed E-state index contributed by atoms with van der Waals surface area (Å²) >= 11 is 9.47. The summed E-state index contributed by atoms with van der Waals surface area (Å²) in [6.07, 6.45) is 0. The minimum atomic E-state index is 0.320. The Bertz CT molecular complexity index is 667. The molecule has 0 atom stereocenters. The first-order valence-corrected chi connectivity index (χ1v) is 6.96. The maximum atomic E-state index is 8.93. The summed E-state index contributed by atoms with van der Waals surface area (Å²) < 4.78 is 11.7. The molecule has 0 aliphatic carbocycles. The van der Waals surface area contributed by atoms with E-state index in [1.165, 1.54) is 7.11 Å². The molecule has 0 bridgehead atoms. The lowest BCUT2D eigenvalue weighted by Gasteiger charge is -2.13. The van der Waals surface area contributed by atoms with E-state index >= 15 is 0 Å². The summed E-state index contributed by atoms with van der Waals surface area (Å²) in [6.45, 7) is 0.320. The van der Waals surface area contributed by atoms with Crippen molar-refractivity contribution in [2.75, 3.05) is 7.11 Å². The molecule has 0 aliphatic rings. The van der Waals surface area contributed by atoms with Gasteiger partial charge < -0.3 is 9.47 Å². The highest BCUT2D eigenvalue weighted by atomic mass is 79.9. The minimum absolute atomic E-state index is 0.320. The molecule has 0 amide bonds. The predicted molar refractivity (Wildman–Crippen MR) is 81.2 cm³/mol. The van der Waals surface area contributed by atoms with Gasteiger partial charge in [-0.25, -0.2) is 0 Å². The second-order valence-corrected chi connectivity index (χ2v) is 5.24. The summed E-state index contributed by atoms with van der Waals surface area (Å²) in [5.74, 6) is 1.05. The summed E-state index contributed by atoms with van der Waals surface area (Å²) in [7, 11) is 1.53. The first kappa shape index (κ1) is 14.7. The molecule has 0 aliphatic heterocycles. The third-order valence-electron chi connectivity index (χ3n) is 2.69. The first-order valence-electron chi connectivity index (χ1n) is 5.79. The SMILES string of the molecule is COc1cc(C#N)cc(Br)c1OCc1ccccc1Cl. The van der Waals surface area contributed by atoms with Crippen LogP contribution in [0.1, 0.15) is 11.1 Å². The number of nitriles is 1. The molecule has 2 rings (SSSR count). The normalized spacial score (nSPS) is 9.90. The van der Waals surface area contributed by atoms with Crippen LogP contribution in [0.25, 0.3) is 0 Å². The maximum absolute atomic E-state index is 8.93. The van der Waals surface area contributed by atoms with Crippen molar-refractivity contribution >= 4 is 27.5 Å². The van der Waals surface area contributed by atoms with Gasteiger partial charge in [-0.15, -0.1) is 0 Å². The van der Waals surface area contributed by atoms with Crippen molar-refractivity contribution in [2.24, 2.45) is 0 Å². The minimum Gasteiger partial charge on any atom is -0.493 e. The Kier molecular flexibility index (Phi) is 4.89. The number of ether oxygens (including phenoxy) is 2. The fourth-order valence-corrected chi connectivity index (χ4v) is 2.44. The maximum Gasteiger partial charge on any atom is 0.175 e. The Morgan fingerprint density at radius 1 is 1.30 bits per heavy atom. The molecule has 2 aromatic rings.